The lowest BCUT2D eigenvalue weighted by Gasteiger charge is -2.30. The van der Waals surface area contributed by atoms with Crippen molar-refractivity contribution in [3.8, 4) is 0 Å². The molecule has 2 atom stereocenters. The zero-order valence-electron chi connectivity index (χ0n) is 11.6. The second kappa shape index (κ2) is 7.77. The maximum absolute atomic E-state index is 13.1. The van der Waals surface area contributed by atoms with Crippen molar-refractivity contribution in [3.05, 3.63) is 35.6 Å². The first-order valence-corrected chi connectivity index (χ1v) is 8.38. The standard InChI is InChI=1S/C16H21BrFNO/c17-10-13-5-1-2-6-14(13)11-19-16(20)9-12-4-3-7-15(18)8-12/h3-4,7-8,13-14H,1-2,5-6,9-11H2,(H,19,20). The number of benzene rings is 1. The molecule has 0 saturated heterocycles. The van der Waals surface area contributed by atoms with Gasteiger partial charge in [0.1, 0.15) is 5.82 Å². The number of nitrogens with one attached hydrogen (secondary N) is 1. The van der Waals surface area contributed by atoms with Gasteiger partial charge >= 0.3 is 0 Å². The molecule has 1 aliphatic rings. The summed E-state index contributed by atoms with van der Waals surface area (Å²) >= 11 is 3.57. The molecule has 110 valence electrons. The third-order valence-corrected chi connectivity index (χ3v) is 4.91. The van der Waals surface area contributed by atoms with Gasteiger partial charge in [-0.15, -0.1) is 0 Å². The Balaban J connectivity index is 1.79. The van der Waals surface area contributed by atoms with Gasteiger partial charge in [0, 0.05) is 11.9 Å². The van der Waals surface area contributed by atoms with Crippen LogP contribution in [0.4, 0.5) is 4.39 Å². The van der Waals surface area contributed by atoms with Crippen molar-refractivity contribution in [2.45, 2.75) is 32.1 Å². The average molecular weight is 342 g/mol. The van der Waals surface area contributed by atoms with E-state index in [1.165, 1.54) is 37.8 Å². The number of hydrogen-bond acceptors (Lipinski definition) is 1. The Hall–Kier alpha value is -0.900. The monoisotopic (exact) mass is 341 g/mol. The van der Waals surface area contributed by atoms with Crippen molar-refractivity contribution in [1.82, 2.24) is 5.32 Å². The molecule has 0 heterocycles. The van der Waals surface area contributed by atoms with Crippen LogP contribution in [0.5, 0.6) is 0 Å². The smallest absolute Gasteiger partial charge is 0.224 e. The van der Waals surface area contributed by atoms with Crippen LogP contribution in [-0.4, -0.2) is 17.8 Å². The Bertz CT molecular complexity index is 452. The molecule has 0 spiro atoms. The van der Waals surface area contributed by atoms with Crippen LogP contribution in [0.25, 0.3) is 0 Å². The van der Waals surface area contributed by atoms with Gasteiger partial charge < -0.3 is 5.32 Å². The van der Waals surface area contributed by atoms with E-state index in [0.717, 1.165) is 17.4 Å². The van der Waals surface area contributed by atoms with E-state index in [4.69, 9.17) is 0 Å². The highest BCUT2D eigenvalue weighted by Crippen LogP contribution is 2.30. The van der Waals surface area contributed by atoms with Crippen molar-refractivity contribution in [2.75, 3.05) is 11.9 Å². The topological polar surface area (TPSA) is 29.1 Å². The van der Waals surface area contributed by atoms with Crippen molar-refractivity contribution in [3.63, 3.8) is 0 Å². The minimum absolute atomic E-state index is 0.0190. The maximum atomic E-state index is 13.1. The Kier molecular flexibility index (Phi) is 6.02. The number of alkyl halides is 1. The summed E-state index contributed by atoms with van der Waals surface area (Å²) in [7, 11) is 0. The fourth-order valence-electron chi connectivity index (χ4n) is 2.90. The Labute approximate surface area is 128 Å². The van der Waals surface area contributed by atoms with E-state index in [1.807, 2.05) is 0 Å². The van der Waals surface area contributed by atoms with Gasteiger partial charge in [-0.2, -0.15) is 0 Å². The average Bonchev–Trinajstić information content (AvgIpc) is 2.45. The van der Waals surface area contributed by atoms with E-state index in [1.54, 1.807) is 12.1 Å². The second-order valence-electron chi connectivity index (χ2n) is 5.57. The molecule has 2 nitrogen and oxygen atoms in total. The largest absolute Gasteiger partial charge is 0.356 e. The molecule has 20 heavy (non-hydrogen) atoms. The lowest BCUT2D eigenvalue weighted by atomic mass is 9.80. The predicted molar refractivity (Wildman–Crippen MR) is 82.4 cm³/mol. The lowest BCUT2D eigenvalue weighted by Crippen LogP contribution is -2.35. The summed E-state index contributed by atoms with van der Waals surface area (Å²) in [5, 5.41) is 4.01. The summed E-state index contributed by atoms with van der Waals surface area (Å²) < 4.78 is 13.1. The predicted octanol–water partition coefficient (Wildman–Crippen LogP) is 3.69. The first-order chi connectivity index (χ1) is 9.69. The lowest BCUT2D eigenvalue weighted by molar-refractivity contribution is -0.120. The third kappa shape index (κ3) is 4.58. The second-order valence-corrected chi connectivity index (χ2v) is 6.22. The van der Waals surface area contributed by atoms with E-state index in [-0.39, 0.29) is 18.1 Å². The molecule has 1 saturated carbocycles. The number of hydrogen-bond donors (Lipinski definition) is 1. The van der Waals surface area contributed by atoms with Crippen LogP contribution in [0.15, 0.2) is 24.3 Å². The highest BCUT2D eigenvalue weighted by Gasteiger charge is 2.24. The molecule has 2 unspecified atom stereocenters. The van der Waals surface area contributed by atoms with Gasteiger partial charge in [0.2, 0.25) is 5.91 Å². The van der Waals surface area contributed by atoms with Crippen molar-refractivity contribution >= 4 is 21.8 Å². The third-order valence-electron chi connectivity index (χ3n) is 4.08. The van der Waals surface area contributed by atoms with Crippen LogP contribution >= 0.6 is 15.9 Å². The van der Waals surface area contributed by atoms with Crippen LogP contribution in [0, 0.1) is 17.7 Å². The number of amides is 1. The van der Waals surface area contributed by atoms with Crippen molar-refractivity contribution in [1.29, 1.82) is 0 Å². The molecule has 1 aromatic rings. The fourth-order valence-corrected chi connectivity index (χ4v) is 3.75. The first-order valence-electron chi connectivity index (χ1n) is 7.26. The van der Waals surface area contributed by atoms with Crippen LogP contribution < -0.4 is 5.32 Å². The summed E-state index contributed by atoms with van der Waals surface area (Å²) in [6.45, 7) is 0.740. The van der Waals surface area contributed by atoms with Gasteiger partial charge in [-0.25, -0.2) is 4.39 Å². The molecule has 0 aliphatic heterocycles. The molecule has 1 aromatic carbocycles. The van der Waals surface area contributed by atoms with E-state index in [9.17, 15) is 9.18 Å². The van der Waals surface area contributed by atoms with Gasteiger partial charge in [0.15, 0.2) is 0 Å². The molecular formula is C16H21BrFNO. The van der Waals surface area contributed by atoms with Gasteiger partial charge in [-0.3, -0.25) is 4.79 Å². The molecule has 1 fully saturated rings. The van der Waals surface area contributed by atoms with Crippen molar-refractivity contribution in [2.24, 2.45) is 11.8 Å². The summed E-state index contributed by atoms with van der Waals surface area (Å²) in [6, 6.07) is 6.23. The van der Waals surface area contributed by atoms with Crippen LogP contribution in [-0.2, 0) is 11.2 Å². The number of carbonyl (C=O) groups is 1. The Morgan fingerprint density at radius 2 is 2.05 bits per heavy atom. The summed E-state index contributed by atoms with van der Waals surface area (Å²) in [5.41, 5.74) is 0.725. The number of rotatable bonds is 5. The summed E-state index contributed by atoms with van der Waals surface area (Å²) in [5.74, 6) is 0.925. The van der Waals surface area contributed by atoms with E-state index in [2.05, 4.69) is 21.2 Å². The summed E-state index contributed by atoms with van der Waals surface area (Å²) in [6.07, 6.45) is 5.24. The van der Waals surface area contributed by atoms with Crippen LogP contribution in [0.1, 0.15) is 31.2 Å². The molecule has 0 aromatic heterocycles. The molecule has 1 amide bonds. The van der Waals surface area contributed by atoms with E-state index < -0.39 is 0 Å². The maximum Gasteiger partial charge on any atom is 0.224 e. The summed E-state index contributed by atoms with van der Waals surface area (Å²) in [4.78, 5) is 11.9. The first kappa shape index (κ1) is 15.5. The molecule has 2 rings (SSSR count). The Morgan fingerprint density at radius 3 is 2.75 bits per heavy atom. The van der Waals surface area contributed by atoms with Crippen LogP contribution in [0.3, 0.4) is 0 Å². The fraction of sp³-hybridized carbons (Fsp3) is 0.562. The SMILES string of the molecule is O=C(Cc1cccc(F)c1)NCC1CCCCC1CBr. The molecule has 0 bridgehead atoms. The van der Waals surface area contributed by atoms with Gasteiger partial charge in [0.05, 0.1) is 6.42 Å². The number of carbonyl (C=O) groups excluding carboxylic acids is 1. The van der Waals surface area contributed by atoms with Gasteiger partial charge in [-0.1, -0.05) is 40.9 Å². The Morgan fingerprint density at radius 1 is 1.30 bits per heavy atom. The van der Waals surface area contributed by atoms with Crippen LogP contribution in [0.2, 0.25) is 0 Å². The molecule has 4 heteroatoms. The molecular weight excluding hydrogens is 321 g/mol. The zero-order valence-corrected chi connectivity index (χ0v) is 13.2. The quantitative estimate of drug-likeness (QED) is 0.813. The van der Waals surface area contributed by atoms with E-state index in [0.29, 0.717) is 11.8 Å². The highest BCUT2D eigenvalue weighted by molar-refractivity contribution is 9.09. The zero-order chi connectivity index (χ0) is 14.4. The van der Waals surface area contributed by atoms with E-state index >= 15 is 0 Å². The molecule has 1 aliphatic carbocycles. The minimum Gasteiger partial charge on any atom is -0.356 e. The normalized spacial score (nSPS) is 22.5. The molecule has 0 radical (unpaired) electrons. The van der Waals surface area contributed by atoms with Gasteiger partial charge in [0.25, 0.3) is 0 Å². The highest BCUT2D eigenvalue weighted by atomic mass is 79.9. The molecule has 1 N–H and O–H groups in total. The number of halogens is 2. The van der Waals surface area contributed by atoms with Crippen molar-refractivity contribution < 1.29 is 9.18 Å². The van der Waals surface area contributed by atoms with Gasteiger partial charge in [-0.05, 0) is 42.4 Å². The minimum atomic E-state index is -0.290.